The molecule has 1 aliphatic rings. The normalized spacial score (nSPS) is 17.0. The zero-order valence-electron chi connectivity index (χ0n) is 16.0. The van der Waals surface area contributed by atoms with Gasteiger partial charge in [0.15, 0.2) is 11.4 Å². The number of urea groups is 1. The van der Waals surface area contributed by atoms with Gasteiger partial charge in [0.25, 0.3) is 0 Å². The molecule has 2 amide bonds. The largest absolute Gasteiger partial charge is 0.420 e. The van der Waals surface area contributed by atoms with E-state index in [1.165, 1.54) is 0 Å². The maximum absolute atomic E-state index is 12.6. The molecule has 1 aromatic carbocycles. The Hall–Kier alpha value is -3.07. The summed E-state index contributed by atoms with van der Waals surface area (Å²) in [5.41, 5.74) is 1.33. The molecule has 2 aromatic heterocycles. The highest BCUT2D eigenvalue weighted by molar-refractivity contribution is 5.88. The zero-order valence-corrected chi connectivity index (χ0v) is 16.0. The van der Waals surface area contributed by atoms with Crippen molar-refractivity contribution >= 4 is 22.9 Å². The van der Waals surface area contributed by atoms with Crippen LogP contribution in [0.5, 0.6) is 0 Å². The summed E-state index contributed by atoms with van der Waals surface area (Å²) in [6.45, 7) is 2.65. The standard InChI is InChI=1S/C19H24N6O3/c1-22(2)11-12-24-10-8-17(21-24)20-18(26)23-9-7-14(13-23)25-15-5-3-4-6-16(15)28-19(25)27/h3-6,8,10,14H,7,9,11-13H2,1-2H3,(H,20,21,26). The highest BCUT2D eigenvalue weighted by Crippen LogP contribution is 2.25. The molecule has 1 fully saturated rings. The highest BCUT2D eigenvalue weighted by atomic mass is 16.4. The lowest BCUT2D eigenvalue weighted by atomic mass is 10.2. The maximum Gasteiger partial charge on any atom is 0.420 e. The molecule has 1 N–H and O–H groups in total. The average Bonchev–Trinajstić information content (AvgIpc) is 3.37. The van der Waals surface area contributed by atoms with Gasteiger partial charge in [0.05, 0.1) is 18.1 Å². The van der Waals surface area contributed by atoms with Crippen LogP contribution in [0.4, 0.5) is 10.6 Å². The second-order valence-electron chi connectivity index (χ2n) is 7.29. The van der Waals surface area contributed by atoms with Gasteiger partial charge in [-0.05, 0) is 32.6 Å². The molecule has 0 spiro atoms. The quantitative estimate of drug-likeness (QED) is 0.725. The van der Waals surface area contributed by atoms with Gasteiger partial charge in [-0.3, -0.25) is 14.6 Å². The third-order valence-electron chi connectivity index (χ3n) is 4.99. The van der Waals surface area contributed by atoms with E-state index in [0.29, 0.717) is 30.9 Å². The topological polar surface area (TPSA) is 88.5 Å². The molecule has 1 atom stereocenters. The minimum atomic E-state index is -0.381. The Bertz CT molecular complexity index is 1030. The molecule has 4 rings (SSSR count). The molecule has 1 aliphatic heterocycles. The highest BCUT2D eigenvalue weighted by Gasteiger charge is 2.30. The molecular weight excluding hydrogens is 360 g/mol. The summed E-state index contributed by atoms with van der Waals surface area (Å²) in [5, 5.41) is 7.22. The summed E-state index contributed by atoms with van der Waals surface area (Å²) >= 11 is 0. The number of likely N-dealkylation sites (tertiary alicyclic amines) is 1. The minimum Gasteiger partial charge on any atom is -0.408 e. The van der Waals surface area contributed by atoms with Crippen LogP contribution in [-0.4, -0.2) is 63.9 Å². The number of hydrogen-bond donors (Lipinski definition) is 1. The Morgan fingerprint density at radius 2 is 2.14 bits per heavy atom. The summed E-state index contributed by atoms with van der Waals surface area (Å²) in [7, 11) is 4.01. The van der Waals surface area contributed by atoms with Gasteiger partial charge in [0.1, 0.15) is 0 Å². The van der Waals surface area contributed by atoms with E-state index in [1.54, 1.807) is 26.3 Å². The summed E-state index contributed by atoms with van der Waals surface area (Å²) in [5.74, 6) is 0.145. The van der Waals surface area contributed by atoms with E-state index in [2.05, 4.69) is 15.3 Å². The zero-order chi connectivity index (χ0) is 19.7. The Labute approximate surface area is 162 Å². The van der Waals surface area contributed by atoms with E-state index >= 15 is 0 Å². The van der Waals surface area contributed by atoms with Crippen LogP contribution in [0.2, 0.25) is 0 Å². The Kier molecular flexibility index (Phi) is 4.91. The molecule has 1 unspecified atom stereocenters. The van der Waals surface area contributed by atoms with E-state index in [-0.39, 0.29) is 17.8 Å². The van der Waals surface area contributed by atoms with Gasteiger partial charge in [-0.2, -0.15) is 5.10 Å². The third kappa shape index (κ3) is 3.65. The van der Waals surface area contributed by atoms with Crippen LogP contribution in [0.15, 0.2) is 45.7 Å². The SMILES string of the molecule is CN(C)CCn1ccc(NC(=O)N2CCC(n3c(=O)oc4ccccc43)C2)n1. The average molecular weight is 384 g/mol. The first-order valence-electron chi connectivity index (χ1n) is 9.35. The van der Waals surface area contributed by atoms with Gasteiger partial charge in [-0.25, -0.2) is 9.59 Å². The fourth-order valence-electron chi connectivity index (χ4n) is 3.51. The minimum absolute atomic E-state index is 0.0976. The van der Waals surface area contributed by atoms with Crippen LogP contribution >= 0.6 is 0 Å². The van der Waals surface area contributed by atoms with Crippen molar-refractivity contribution in [1.29, 1.82) is 0 Å². The smallest absolute Gasteiger partial charge is 0.408 e. The van der Waals surface area contributed by atoms with Gasteiger partial charge in [-0.15, -0.1) is 0 Å². The van der Waals surface area contributed by atoms with Crippen molar-refractivity contribution in [3.8, 4) is 0 Å². The number of anilines is 1. The molecule has 1 saturated heterocycles. The Morgan fingerprint density at radius 1 is 1.32 bits per heavy atom. The lowest BCUT2D eigenvalue weighted by molar-refractivity contribution is 0.220. The number of oxazole rings is 1. The number of hydrogen-bond acceptors (Lipinski definition) is 5. The number of nitrogens with one attached hydrogen (secondary N) is 1. The first-order chi connectivity index (χ1) is 13.5. The molecule has 3 aromatic rings. The Morgan fingerprint density at radius 3 is 2.96 bits per heavy atom. The van der Waals surface area contributed by atoms with Crippen LogP contribution in [0, 0.1) is 0 Å². The van der Waals surface area contributed by atoms with Crippen LogP contribution in [0.3, 0.4) is 0 Å². The van der Waals surface area contributed by atoms with E-state index < -0.39 is 0 Å². The van der Waals surface area contributed by atoms with Crippen molar-refractivity contribution in [2.45, 2.75) is 19.0 Å². The van der Waals surface area contributed by atoms with Crippen LogP contribution in [0.25, 0.3) is 11.1 Å². The number of benzene rings is 1. The van der Waals surface area contributed by atoms with Gasteiger partial charge in [-0.1, -0.05) is 12.1 Å². The fourth-order valence-corrected chi connectivity index (χ4v) is 3.51. The molecule has 3 heterocycles. The van der Waals surface area contributed by atoms with Crippen LogP contribution in [-0.2, 0) is 6.54 Å². The number of fused-ring (bicyclic) bond motifs is 1. The molecule has 9 nitrogen and oxygen atoms in total. The fraction of sp³-hybridized carbons (Fsp3) is 0.421. The first-order valence-corrected chi connectivity index (χ1v) is 9.35. The Balaban J connectivity index is 1.41. The van der Waals surface area contributed by atoms with Crippen molar-refractivity contribution in [3.63, 3.8) is 0 Å². The van der Waals surface area contributed by atoms with E-state index in [0.717, 1.165) is 18.6 Å². The second kappa shape index (κ2) is 7.51. The van der Waals surface area contributed by atoms with Crippen molar-refractivity contribution in [2.24, 2.45) is 0 Å². The molecule has 0 radical (unpaired) electrons. The summed E-state index contributed by atoms with van der Waals surface area (Å²) in [4.78, 5) is 28.6. The van der Waals surface area contributed by atoms with Crippen LogP contribution < -0.4 is 11.1 Å². The van der Waals surface area contributed by atoms with E-state index in [1.807, 2.05) is 38.5 Å². The van der Waals surface area contributed by atoms with Gasteiger partial charge >= 0.3 is 11.8 Å². The predicted molar refractivity (Wildman–Crippen MR) is 106 cm³/mol. The third-order valence-corrected chi connectivity index (χ3v) is 4.99. The first kappa shape index (κ1) is 18.3. The molecule has 0 saturated carbocycles. The van der Waals surface area contributed by atoms with Crippen molar-refractivity contribution in [3.05, 3.63) is 47.1 Å². The summed E-state index contributed by atoms with van der Waals surface area (Å²) in [6.07, 6.45) is 2.55. The number of carbonyl (C=O) groups is 1. The van der Waals surface area contributed by atoms with E-state index in [4.69, 9.17) is 4.42 Å². The monoisotopic (exact) mass is 384 g/mol. The lowest BCUT2D eigenvalue weighted by Gasteiger charge is -2.16. The molecule has 9 heteroatoms. The summed E-state index contributed by atoms with van der Waals surface area (Å²) in [6, 6.07) is 8.83. The number of amides is 2. The summed E-state index contributed by atoms with van der Waals surface area (Å²) < 4.78 is 8.77. The van der Waals surface area contributed by atoms with Gasteiger partial charge in [0, 0.05) is 31.9 Å². The number of aromatic nitrogens is 3. The van der Waals surface area contributed by atoms with Crippen molar-refractivity contribution < 1.29 is 9.21 Å². The molecule has 0 bridgehead atoms. The molecular formula is C19H24N6O3. The number of carbonyl (C=O) groups excluding carboxylic acids is 1. The predicted octanol–water partition coefficient (Wildman–Crippen LogP) is 1.83. The van der Waals surface area contributed by atoms with Crippen LogP contribution in [0.1, 0.15) is 12.5 Å². The van der Waals surface area contributed by atoms with E-state index in [9.17, 15) is 9.59 Å². The number of nitrogens with zero attached hydrogens (tertiary/aromatic N) is 5. The van der Waals surface area contributed by atoms with Gasteiger partial charge in [0.2, 0.25) is 0 Å². The van der Waals surface area contributed by atoms with Gasteiger partial charge < -0.3 is 14.2 Å². The lowest BCUT2D eigenvalue weighted by Crippen LogP contribution is -2.34. The molecule has 0 aliphatic carbocycles. The number of para-hydroxylation sites is 2. The van der Waals surface area contributed by atoms with Crippen molar-refractivity contribution in [1.82, 2.24) is 24.1 Å². The maximum atomic E-state index is 12.6. The number of rotatable bonds is 5. The molecule has 148 valence electrons. The number of likely N-dealkylation sites (N-methyl/N-ethyl adjacent to an activating group) is 1. The molecule has 28 heavy (non-hydrogen) atoms. The second-order valence-corrected chi connectivity index (χ2v) is 7.29. The van der Waals surface area contributed by atoms with Crippen molar-refractivity contribution in [2.75, 3.05) is 39.0 Å².